The second-order valence-electron chi connectivity index (χ2n) is 24.2. The molecule has 20 nitrogen and oxygen atoms in total. The smallest absolute Gasteiger partial charge is 0.338 e. The van der Waals surface area contributed by atoms with Crippen LogP contribution in [0.15, 0.2) is 273 Å². The van der Waals surface area contributed by atoms with Crippen molar-refractivity contribution in [2.75, 3.05) is 13.2 Å². The van der Waals surface area contributed by atoms with Gasteiger partial charge in [-0.2, -0.15) is 0 Å². The Bertz CT molecular complexity index is 4040. The molecule has 0 saturated carbocycles. The Morgan fingerprint density at radius 3 is 1.05 bits per heavy atom. The van der Waals surface area contributed by atoms with Gasteiger partial charge in [-0.3, -0.25) is 0 Å². The molecule has 0 bridgehead atoms. The van der Waals surface area contributed by atoms with Gasteiger partial charge >= 0.3 is 29.8 Å². The summed E-state index contributed by atoms with van der Waals surface area (Å²) in [5.41, 5.74) is 3.77. The molecule has 0 unspecified atom stereocenters. The predicted molar refractivity (Wildman–Crippen MR) is 364 cm³/mol. The molecule has 9 aromatic rings. The fourth-order valence-corrected chi connectivity index (χ4v) is 12.0. The lowest BCUT2D eigenvalue weighted by Gasteiger charge is -2.50. The summed E-state index contributed by atoms with van der Waals surface area (Å²) in [6, 6.07) is 78.2. The third-order valence-corrected chi connectivity index (χ3v) is 17.2. The van der Waals surface area contributed by atoms with Crippen LogP contribution in [0, 0.1) is 0 Å². The van der Waals surface area contributed by atoms with E-state index in [1.807, 2.05) is 121 Å². The molecule has 15 atom stereocenters. The standard InChI is InChI=1S/C81H76O20/c1-53-65(100-80-72(91-50-57-35-17-5-18-36-57)68(90-49-56-33-15-4-16-34-56)66(89-48-55-31-13-3-14-32-55)63(95-80)51-88-47-54-29-11-2-12-30-54)69(96-75(83)59-39-21-7-22-40-59)73(99-78(86)62-45-27-10-28-46-62)81(93-53)101-67-64(52-92-74(82)58-37-19-6-20-38-58)94-79(87)71(98-77(85)61-43-25-9-26-44-61)70(67)97-76(84)60-41-23-8-24-42-60/h2-46,53,63-73,79-81,87H,47-52H2,1H3/t53-,63-,64-,65+,66+,67-,68+,69+,70+,71-,72-,73-,79-,80-,81+/m1/s1. The maximum atomic E-state index is 15.1. The summed E-state index contributed by atoms with van der Waals surface area (Å²) in [6.07, 6.45) is -23.2. The highest BCUT2D eigenvalue weighted by atomic mass is 16.8. The molecule has 0 spiro atoms. The molecule has 3 aliphatic heterocycles. The summed E-state index contributed by atoms with van der Waals surface area (Å²) in [7, 11) is 0. The van der Waals surface area contributed by atoms with Crippen molar-refractivity contribution in [2.24, 2.45) is 0 Å². The van der Waals surface area contributed by atoms with Crippen molar-refractivity contribution in [2.45, 2.75) is 125 Å². The Labute approximate surface area is 584 Å². The van der Waals surface area contributed by atoms with Gasteiger partial charge < -0.3 is 71.4 Å². The number of hydrogen-bond donors (Lipinski definition) is 1. The molecule has 3 fully saturated rings. The summed E-state index contributed by atoms with van der Waals surface area (Å²) in [4.78, 5) is 72.8. The third-order valence-electron chi connectivity index (χ3n) is 17.2. The Morgan fingerprint density at radius 2 is 0.624 bits per heavy atom. The van der Waals surface area contributed by atoms with E-state index in [0.717, 1.165) is 22.3 Å². The topological polar surface area (TPSA) is 235 Å². The first kappa shape index (κ1) is 70.8. The van der Waals surface area contributed by atoms with E-state index in [4.69, 9.17) is 66.3 Å². The number of rotatable bonds is 28. The highest BCUT2D eigenvalue weighted by Crippen LogP contribution is 2.39. The van der Waals surface area contributed by atoms with Crippen molar-refractivity contribution in [1.29, 1.82) is 0 Å². The van der Waals surface area contributed by atoms with Gasteiger partial charge in [-0.15, -0.1) is 0 Å². The van der Waals surface area contributed by atoms with Crippen LogP contribution in [-0.2, 0) is 92.7 Å². The highest BCUT2D eigenvalue weighted by Gasteiger charge is 2.59. The average Bonchev–Trinajstić information content (AvgIpc) is 0.702. The van der Waals surface area contributed by atoms with Gasteiger partial charge in [0, 0.05) is 0 Å². The van der Waals surface area contributed by atoms with E-state index < -0.39 is 129 Å². The number of carbonyl (C=O) groups excluding carboxylic acids is 5. The molecule has 0 amide bonds. The minimum absolute atomic E-state index is 0.00845. The average molecular weight is 1370 g/mol. The summed E-state index contributed by atoms with van der Waals surface area (Å²) < 4.78 is 94.1. The van der Waals surface area contributed by atoms with Crippen LogP contribution in [0.3, 0.4) is 0 Å². The fourth-order valence-electron chi connectivity index (χ4n) is 12.0. The first-order valence-corrected chi connectivity index (χ1v) is 33.3. The van der Waals surface area contributed by atoms with Gasteiger partial charge in [0.15, 0.2) is 43.3 Å². The Kier molecular flexibility index (Phi) is 24.7. The zero-order valence-electron chi connectivity index (χ0n) is 55.1. The van der Waals surface area contributed by atoms with Crippen LogP contribution < -0.4 is 0 Å². The first-order chi connectivity index (χ1) is 49.5. The van der Waals surface area contributed by atoms with Crippen molar-refractivity contribution in [3.8, 4) is 0 Å². The lowest BCUT2D eigenvalue weighted by atomic mass is 9.95. The number of esters is 5. The molecule has 520 valence electrons. The van der Waals surface area contributed by atoms with E-state index in [1.165, 1.54) is 60.7 Å². The normalized spacial score (nSPS) is 24.8. The molecule has 1 N–H and O–H groups in total. The summed E-state index contributed by atoms with van der Waals surface area (Å²) in [5.74, 6) is -4.59. The van der Waals surface area contributed by atoms with Gasteiger partial charge in [-0.05, 0) is 89.8 Å². The summed E-state index contributed by atoms with van der Waals surface area (Å²) in [6.45, 7) is 1.23. The van der Waals surface area contributed by atoms with Gasteiger partial charge in [0.05, 0.1) is 67.0 Å². The number of ether oxygens (including phenoxy) is 14. The number of aliphatic hydroxyl groups excluding tert-OH is 1. The molecular weight excluding hydrogens is 1290 g/mol. The molecule has 101 heavy (non-hydrogen) atoms. The van der Waals surface area contributed by atoms with E-state index in [9.17, 15) is 19.5 Å². The summed E-state index contributed by atoms with van der Waals surface area (Å²) in [5, 5.41) is 12.1. The van der Waals surface area contributed by atoms with Crippen molar-refractivity contribution < 1.29 is 95.4 Å². The molecule has 0 aromatic heterocycles. The molecule has 12 rings (SSSR count). The summed E-state index contributed by atoms with van der Waals surface area (Å²) >= 11 is 0. The fraction of sp³-hybridized carbons (Fsp3) is 0.272. The van der Waals surface area contributed by atoms with Gasteiger partial charge in [0.2, 0.25) is 0 Å². The predicted octanol–water partition coefficient (Wildman–Crippen LogP) is 11.7. The molecule has 3 heterocycles. The minimum Gasteiger partial charge on any atom is -0.459 e. The van der Waals surface area contributed by atoms with E-state index in [-0.39, 0.29) is 60.9 Å². The molecule has 3 saturated heterocycles. The molecule has 0 radical (unpaired) electrons. The minimum atomic E-state index is -2.09. The van der Waals surface area contributed by atoms with Gasteiger partial charge in [0.25, 0.3) is 0 Å². The highest BCUT2D eigenvalue weighted by molar-refractivity contribution is 5.92. The Balaban J connectivity index is 0.971. The lowest BCUT2D eigenvalue weighted by molar-refractivity contribution is -0.378. The van der Waals surface area contributed by atoms with E-state index in [2.05, 4.69) is 0 Å². The van der Waals surface area contributed by atoms with Gasteiger partial charge in [0.1, 0.15) is 49.3 Å². The number of carbonyl (C=O) groups is 5. The monoisotopic (exact) mass is 1370 g/mol. The van der Waals surface area contributed by atoms with E-state index >= 15 is 9.59 Å². The van der Waals surface area contributed by atoms with Crippen LogP contribution in [0.5, 0.6) is 0 Å². The van der Waals surface area contributed by atoms with Crippen LogP contribution in [-0.4, -0.2) is 140 Å². The number of aliphatic hydroxyl groups is 1. The van der Waals surface area contributed by atoms with Crippen LogP contribution in [0.25, 0.3) is 0 Å². The van der Waals surface area contributed by atoms with Crippen molar-refractivity contribution in [3.63, 3.8) is 0 Å². The van der Waals surface area contributed by atoms with E-state index in [0.29, 0.717) is 0 Å². The molecular formula is C81H76O20. The van der Waals surface area contributed by atoms with E-state index in [1.54, 1.807) is 97.9 Å². The first-order valence-electron chi connectivity index (χ1n) is 33.3. The lowest BCUT2D eigenvalue weighted by Crippen LogP contribution is -2.68. The van der Waals surface area contributed by atoms with Crippen molar-refractivity contribution >= 4 is 29.8 Å². The second-order valence-corrected chi connectivity index (χ2v) is 24.2. The molecule has 20 heteroatoms. The molecule has 9 aromatic carbocycles. The Morgan fingerprint density at radius 1 is 0.307 bits per heavy atom. The van der Waals surface area contributed by atoms with Crippen LogP contribution in [0.4, 0.5) is 0 Å². The van der Waals surface area contributed by atoms with Crippen LogP contribution >= 0.6 is 0 Å². The number of hydrogen-bond acceptors (Lipinski definition) is 20. The third kappa shape index (κ3) is 18.9. The zero-order chi connectivity index (χ0) is 69.7. The van der Waals surface area contributed by atoms with Gasteiger partial charge in [-0.1, -0.05) is 212 Å². The maximum Gasteiger partial charge on any atom is 0.338 e. The van der Waals surface area contributed by atoms with Crippen LogP contribution in [0.1, 0.15) is 81.0 Å². The SMILES string of the molecule is C[C@H]1O[C@@H](O[C@H]2[C@H](OC(=O)c3ccccc3)[C@@H](OC(=O)c3ccccc3)[C@H](O)O[C@@H]2COC(=O)c2ccccc2)[C@H](OC(=O)c2ccccc2)[C@@H](OC(=O)c2ccccc2)[C@H]1O[C@H]1O[C@H](COCc2ccccc2)[C@H](OCc2ccccc2)[C@H](OCc2ccccc2)[C@H]1OCc1ccccc1. The second kappa shape index (κ2) is 35.3. The van der Waals surface area contributed by atoms with Crippen molar-refractivity contribution in [1.82, 2.24) is 0 Å². The largest absolute Gasteiger partial charge is 0.459 e. The zero-order valence-corrected chi connectivity index (χ0v) is 55.1. The van der Waals surface area contributed by atoms with Crippen LogP contribution in [0.2, 0.25) is 0 Å². The Hall–Kier alpha value is -10.1. The molecule has 3 aliphatic rings. The quantitative estimate of drug-likeness (QED) is 0.0354. The maximum absolute atomic E-state index is 15.1. The van der Waals surface area contributed by atoms with Crippen molar-refractivity contribution in [3.05, 3.63) is 323 Å². The van der Waals surface area contributed by atoms with Gasteiger partial charge in [-0.25, -0.2) is 24.0 Å². The molecule has 0 aliphatic carbocycles. The number of benzene rings is 9.